The van der Waals surface area contributed by atoms with Crippen LogP contribution in [0.4, 0.5) is 0 Å². The molecular formula is C15H29N3O3S. The first-order chi connectivity index (χ1) is 10.6. The summed E-state index contributed by atoms with van der Waals surface area (Å²) in [4.78, 5) is 2.47. The highest BCUT2D eigenvalue weighted by molar-refractivity contribution is 7.86. The fourth-order valence-electron chi connectivity index (χ4n) is 3.76. The Labute approximate surface area is 134 Å². The van der Waals surface area contributed by atoms with Crippen molar-refractivity contribution in [3.63, 3.8) is 0 Å². The van der Waals surface area contributed by atoms with E-state index >= 15 is 0 Å². The largest absolute Gasteiger partial charge is 0.379 e. The lowest BCUT2D eigenvalue weighted by atomic mass is 10.0. The van der Waals surface area contributed by atoms with Gasteiger partial charge in [0.1, 0.15) is 0 Å². The van der Waals surface area contributed by atoms with Crippen LogP contribution in [0.3, 0.4) is 0 Å². The average molecular weight is 331 g/mol. The van der Waals surface area contributed by atoms with Crippen LogP contribution in [0.1, 0.15) is 32.6 Å². The number of ether oxygens (including phenoxy) is 1. The summed E-state index contributed by atoms with van der Waals surface area (Å²) in [5, 5.41) is 0. The second-order valence-corrected chi connectivity index (χ2v) is 8.80. The maximum atomic E-state index is 12.7. The minimum Gasteiger partial charge on any atom is -0.379 e. The first-order valence-electron chi connectivity index (χ1n) is 8.64. The number of morpholine rings is 1. The molecule has 3 heterocycles. The van der Waals surface area contributed by atoms with Gasteiger partial charge in [-0.2, -0.15) is 17.0 Å². The summed E-state index contributed by atoms with van der Waals surface area (Å²) in [6.45, 7) is 8.50. The third kappa shape index (κ3) is 3.64. The molecule has 0 saturated carbocycles. The first kappa shape index (κ1) is 16.6. The molecule has 0 unspecified atom stereocenters. The molecule has 7 heteroatoms. The molecule has 0 spiro atoms. The normalized spacial score (nSPS) is 29.0. The van der Waals surface area contributed by atoms with Crippen LogP contribution < -0.4 is 0 Å². The highest BCUT2D eigenvalue weighted by atomic mass is 32.2. The average Bonchev–Trinajstić information content (AvgIpc) is 2.56. The zero-order valence-corrected chi connectivity index (χ0v) is 14.4. The van der Waals surface area contributed by atoms with E-state index in [0.717, 1.165) is 52.0 Å². The number of piperidine rings is 2. The molecule has 0 N–H and O–H groups in total. The van der Waals surface area contributed by atoms with Gasteiger partial charge in [-0.05, 0) is 31.6 Å². The van der Waals surface area contributed by atoms with Crippen molar-refractivity contribution < 1.29 is 13.2 Å². The molecule has 0 aliphatic carbocycles. The first-order valence-corrected chi connectivity index (χ1v) is 10.0. The molecule has 3 saturated heterocycles. The van der Waals surface area contributed by atoms with Crippen LogP contribution in [-0.2, 0) is 14.9 Å². The summed E-state index contributed by atoms with van der Waals surface area (Å²) in [7, 11) is -3.24. The molecule has 0 radical (unpaired) electrons. The summed E-state index contributed by atoms with van der Waals surface area (Å²) in [5.41, 5.74) is 0. The molecule has 6 nitrogen and oxygen atoms in total. The van der Waals surface area contributed by atoms with Crippen LogP contribution >= 0.6 is 0 Å². The summed E-state index contributed by atoms with van der Waals surface area (Å²) in [6.07, 6.45) is 3.87. The highest BCUT2D eigenvalue weighted by Crippen LogP contribution is 2.24. The van der Waals surface area contributed by atoms with Crippen molar-refractivity contribution in [2.45, 2.75) is 38.6 Å². The molecule has 0 amide bonds. The van der Waals surface area contributed by atoms with Crippen LogP contribution in [-0.4, -0.2) is 80.5 Å². The molecule has 0 aromatic heterocycles. The van der Waals surface area contributed by atoms with Gasteiger partial charge >= 0.3 is 0 Å². The van der Waals surface area contributed by atoms with Crippen molar-refractivity contribution >= 4 is 10.2 Å². The van der Waals surface area contributed by atoms with Crippen molar-refractivity contribution in [2.24, 2.45) is 5.92 Å². The van der Waals surface area contributed by atoms with Gasteiger partial charge in [0.2, 0.25) is 0 Å². The quantitative estimate of drug-likeness (QED) is 0.766. The van der Waals surface area contributed by atoms with Gasteiger partial charge in [0.05, 0.1) is 13.2 Å². The van der Waals surface area contributed by atoms with E-state index in [1.165, 1.54) is 0 Å². The Bertz CT molecular complexity index is 449. The molecule has 0 bridgehead atoms. The molecular weight excluding hydrogens is 302 g/mol. The lowest BCUT2D eigenvalue weighted by Crippen LogP contribution is -2.53. The number of hydrogen-bond donors (Lipinski definition) is 0. The molecule has 3 rings (SSSR count). The second-order valence-electron chi connectivity index (χ2n) is 6.87. The van der Waals surface area contributed by atoms with Crippen LogP contribution in [0.2, 0.25) is 0 Å². The summed E-state index contributed by atoms with van der Waals surface area (Å²) >= 11 is 0. The Balaban J connectivity index is 1.53. The number of rotatable bonds is 3. The molecule has 0 aromatic carbocycles. The maximum absolute atomic E-state index is 12.7. The van der Waals surface area contributed by atoms with E-state index in [-0.39, 0.29) is 0 Å². The van der Waals surface area contributed by atoms with Crippen LogP contribution in [0.25, 0.3) is 0 Å². The molecule has 3 aliphatic heterocycles. The van der Waals surface area contributed by atoms with Crippen molar-refractivity contribution in [1.29, 1.82) is 0 Å². The van der Waals surface area contributed by atoms with E-state index in [2.05, 4.69) is 11.8 Å². The molecule has 3 aliphatic rings. The minimum atomic E-state index is -3.24. The zero-order chi connectivity index (χ0) is 15.6. The highest BCUT2D eigenvalue weighted by Gasteiger charge is 2.35. The topological polar surface area (TPSA) is 53.1 Å². The summed E-state index contributed by atoms with van der Waals surface area (Å²) in [6, 6.07) is 0.525. The molecule has 3 fully saturated rings. The molecule has 22 heavy (non-hydrogen) atoms. The number of hydrogen-bond acceptors (Lipinski definition) is 4. The SMILES string of the molecule is CC1CCN(S(=O)(=O)N2CCC(N3CCOCC3)CC2)CC1. The minimum absolute atomic E-state index is 0.525. The van der Waals surface area contributed by atoms with Gasteiger partial charge in [-0.1, -0.05) is 6.92 Å². The number of nitrogens with zero attached hydrogens (tertiary/aromatic N) is 3. The third-order valence-electron chi connectivity index (χ3n) is 5.38. The zero-order valence-electron chi connectivity index (χ0n) is 13.6. The molecule has 128 valence electrons. The standard InChI is InChI=1S/C15H29N3O3S/c1-14-2-6-17(7-3-14)22(19,20)18-8-4-15(5-9-18)16-10-12-21-13-11-16/h14-15H,2-13H2,1H3. The smallest absolute Gasteiger partial charge is 0.281 e. The summed E-state index contributed by atoms with van der Waals surface area (Å²) in [5.74, 6) is 0.651. The van der Waals surface area contributed by atoms with E-state index < -0.39 is 10.2 Å². The van der Waals surface area contributed by atoms with Crippen molar-refractivity contribution in [2.75, 3.05) is 52.5 Å². The third-order valence-corrected chi connectivity index (χ3v) is 7.42. The lowest BCUT2D eigenvalue weighted by molar-refractivity contribution is 0.00576. The maximum Gasteiger partial charge on any atom is 0.281 e. The van der Waals surface area contributed by atoms with E-state index in [9.17, 15) is 8.42 Å². The van der Waals surface area contributed by atoms with Crippen molar-refractivity contribution in [1.82, 2.24) is 13.5 Å². The monoisotopic (exact) mass is 331 g/mol. The van der Waals surface area contributed by atoms with Gasteiger partial charge in [0.25, 0.3) is 10.2 Å². The van der Waals surface area contributed by atoms with Crippen LogP contribution in [0.15, 0.2) is 0 Å². The van der Waals surface area contributed by atoms with Gasteiger partial charge in [-0.3, -0.25) is 4.90 Å². The lowest BCUT2D eigenvalue weighted by Gasteiger charge is -2.41. The van der Waals surface area contributed by atoms with Crippen LogP contribution in [0, 0.1) is 5.92 Å². The van der Waals surface area contributed by atoms with Gasteiger partial charge in [-0.15, -0.1) is 0 Å². The predicted octanol–water partition coefficient (Wildman–Crippen LogP) is 0.760. The molecule has 0 atom stereocenters. The Morgan fingerprint density at radius 3 is 1.86 bits per heavy atom. The van der Waals surface area contributed by atoms with Gasteiger partial charge in [-0.25, -0.2) is 0 Å². The van der Waals surface area contributed by atoms with Crippen molar-refractivity contribution in [3.8, 4) is 0 Å². The fourth-order valence-corrected chi connectivity index (χ4v) is 5.43. The van der Waals surface area contributed by atoms with E-state index in [1.54, 1.807) is 8.61 Å². The fraction of sp³-hybridized carbons (Fsp3) is 1.00. The molecule has 0 aromatic rings. The predicted molar refractivity (Wildman–Crippen MR) is 85.9 cm³/mol. The van der Waals surface area contributed by atoms with Crippen LogP contribution in [0.5, 0.6) is 0 Å². The Morgan fingerprint density at radius 1 is 0.818 bits per heavy atom. The Kier molecular flexibility index (Phi) is 5.39. The van der Waals surface area contributed by atoms with E-state index in [0.29, 0.717) is 38.1 Å². The second kappa shape index (κ2) is 7.13. The van der Waals surface area contributed by atoms with Gasteiger partial charge in [0, 0.05) is 45.3 Å². The Morgan fingerprint density at radius 2 is 1.32 bits per heavy atom. The van der Waals surface area contributed by atoms with Gasteiger partial charge in [0.15, 0.2) is 0 Å². The van der Waals surface area contributed by atoms with E-state index in [4.69, 9.17) is 4.74 Å². The summed E-state index contributed by atoms with van der Waals surface area (Å²) < 4.78 is 34.3. The van der Waals surface area contributed by atoms with E-state index in [1.807, 2.05) is 0 Å². The Hall–Kier alpha value is -0.210. The van der Waals surface area contributed by atoms with Crippen molar-refractivity contribution in [3.05, 3.63) is 0 Å². The van der Waals surface area contributed by atoms with Gasteiger partial charge < -0.3 is 4.74 Å².